The average molecular weight is 383 g/mol. The maximum Gasteiger partial charge on any atom is 0.194 e. The average Bonchev–Trinajstić information content (AvgIpc) is 2.95. The molecular formula is C23H26O3S. The van der Waals surface area contributed by atoms with Gasteiger partial charge in [-0.3, -0.25) is 4.79 Å². The summed E-state index contributed by atoms with van der Waals surface area (Å²) in [5.74, 6) is 2.06. The van der Waals surface area contributed by atoms with Crippen molar-refractivity contribution in [3.8, 4) is 0 Å². The van der Waals surface area contributed by atoms with E-state index in [1.165, 1.54) is 0 Å². The second kappa shape index (κ2) is 7.78. The number of hydrogen-bond donors (Lipinski definition) is 0. The molecule has 0 saturated carbocycles. The first-order chi connectivity index (χ1) is 13.0. The van der Waals surface area contributed by atoms with Crippen LogP contribution in [0.3, 0.4) is 0 Å². The van der Waals surface area contributed by atoms with Crippen molar-refractivity contribution in [3.63, 3.8) is 0 Å². The monoisotopic (exact) mass is 382 g/mol. The van der Waals surface area contributed by atoms with E-state index in [4.69, 9.17) is 9.47 Å². The molecule has 2 aromatic rings. The number of ether oxygens (including phenoxy) is 2. The third-order valence-electron chi connectivity index (χ3n) is 5.85. The van der Waals surface area contributed by atoms with Crippen LogP contribution >= 0.6 is 11.8 Å². The third kappa shape index (κ3) is 3.71. The van der Waals surface area contributed by atoms with E-state index < -0.39 is 0 Å². The molecule has 0 amide bonds. The molecule has 2 heterocycles. The zero-order chi connectivity index (χ0) is 19.0. The smallest absolute Gasteiger partial charge is 0.194 e. The zero-order valence-electron chi connectivity index (χ0n) is 16.1. The van der Waals surface area contributed by atoms with Crippen molar-refractivity contribution in [3.05, 3.63) is 64.7 Å². The fraction of sp³-hybridized carbons (Fsp3) is 0.435. The van der Waals surface area contributed by atoms with E-state index in [-0.39, 0.29) is 18.0 Å². The molecule has 0 bridgehead atoms. The number of benzene rings is 2. The minimum atomic E-state index is -0.237. The van der Waals surface area contributed by atoms with Crippen LogP contribution < -0.4 is 0 Å². The normalized spacial score (nSPS) is 26.5. The number of carbonyl (C=O) groups is 1. The zero-order valence-corrected chi connectivity index (χ0v) is 16.9. The van der Waals surface area contributed by atoms with E-state index in [1.54, 1.807) is 11.8 Å². The van der Waals surface area contributed by atoms with Crippen LogP contribution in [0.25, 0.3) is 0 Å². The van der Waals surface area contributed by atoms with Crippen LogP contribution in [-0.4, -0.2) is 25.3 Å². The standard InChI is InChI=1S/C23H26O3S/c1-14-11-25-23(26-12-15(14)2)16(3)17-8-9-20-21(10-17)27-13-18-6-4-5-7-19(18)22(20)24/h4-10,14-16,23H,11-13H2,1-3H3. The van der Waals surface area contributed by atoms with E-state index in [0.717, 1.165) is 46.1 Å². The minimum absolute atomic E-state index is 0.120. The number of thioether (sulfide) groups is 1. The highest BCUT2D eigenvalue weighted by atomic mass is 32.2. The highest BCUT2D eigenvalue weighted by Gasteiger charge is 2.29. The molecule has 27 heavy (non-hydrogen) atoms. The van der Waals surface area contributed by atoms with Gasteiger partial charge in [0.2, 0.25) is 0 Å². The van der Waals surface area contributed by atoms with Gasteiger partial charge in [0.05, 0.1) is 13.2 Å². The van der Waals surface area contributed by atoms with Gasteiger partial charge in [0.1, 0.15) is 0 Å². The topological polar surface area (TPSA) is 35.5 Å². The van der Waals surface area contributed by atoms with Gasteiger partial charge in [-0.15, -0.1) is 11.8 Å². The molecule has 2 aliphatic rings. The molecule has 1 saturated heterocycles. The molecule has 2 aliphatic heterocycles. The lowest BCUT2D eigenvalue weighted by Gasteiger charge is -2.24. The van der Waals surface area contributed by atoms with Gasteiger partial charge in [0.25, 0.3) is 0 Å². The molecule has 4 rings (SSSR count). The number of fused-ring (bicyclic) bond motifs is 2. The van der Waals surface area contributed by atoms with E-state index in [0.29, 0.717) is 11.8 Å². The second-order valence-electron chi connectivity index (χ2n) is 7.81. The van der Waals surface area contributed by atoms with E-state index in [9.17, 15) is 4.79 Å². The molecule has 3 unspecified atom stereocenters. The third-order valence-corrected chi connectivity index (χ3v) is 6.95. The van der Waals surface area contributed by atoms with Crippen LogP contribution in [0, 0.1) is 11.8 Å². The summed E-state index contributed by atoms with van der Waals surface area (Å²) in [6.45, 7) is 8.02. The first kappa shape index (κ1) is 18.7. The summed E-state index contributed by atoms with van der Waals surface area (Å²) < 4.78 is 12.1. The predicted molar refractivity (Wildman–Crippen MR) is 108 cm³/mol. The maximum atomic E-state index is 13.0. The Morgan fingerprint density at radius 2 is 1.70 bits per heavy atom. The summed E-state index contributed by atoms with van der Waals surface area (Å²) in [7, 11) is 0. The first-order valence-electron chi connectivity index (χ1n) is 9.67. The van der Waals surface area contributed by atoms with E-state index >= 15 is 0 Å². The highest BCUT2D eigenvalue weighted by molar-refractivity contribution is 7.98. The Kier molecular flexibility index (Phi) is 5.40. The van der Waals surface area contributed by atoms with Crippen LogP contribution in [0.15, 0.2) is 47.4 Å². The summed E-state index contributed by atoms with van der Waals surface area (Å²) in [5.41, 5.74) is 3.89. The molecule has 0 aliphatic carbocycles. The summed E-state index contributed by atoms with van der Waals surface area (Å²) in [6.07, 6.45) is -0.237. The van der Waals surface area contributed by atoms with Crippen LogP contribution in [0.5, 0.6) is 0 Å². The molecular weight excluding hydrogens is 356 g/mol. The molecule has 4 heteroatoms. The van der Waals surface area contributed by atoms with Crippen LogP contribution in [-0.2, 0) is 15.2 Å². The number of carbonyl (C=O) groups excluding carboxylic acids is 1. The number of hydrogen-bond acceptors (Lipinski definition) is 4. The second-order valence-corrected chi connectivity index (χ2v) is 8.83. The summed E-state index contributed by atoms with van der Waals surface area (Å²) in [6, 6.07) is 14.1. The largest absolute Gasteiger partial charge is 0.352 e. The van der Waals surface area contributed by atoms with Crippen molar-refractivity contribution < 1.29 is 14.3 Å². The van der Waals surface area contributed by atoms with E-state index in [2.05, 4.69) is 32.9 Å². The minimum Gasteiger partial charge on any atom is -0.352 e. The molecule has 3 atom stereocenters. The Morgan fingerprint density at radius 3 is 2.44 bits per heavy atom. The Bertz CT molecular complexity index is 835. The quantitative estimate of drug-likeness (QED) is 0.709. The molecule has 3 nitrogen and oxygen atoms in total. The van der Waals surface area contributed by atoms with Gasteiger partial charge in [-0.2, -0.15) is 0 Å². The Morgan fingerprint density at radius 1 is 1.00 bits per heavy atom. The number of rotatable bonds is 2. The van der Waals surface area contributed by atoms with Crippen molar-refractivity contribution in [2.75, 3.05) is 13.2 Å². The fourth-order valence-corrected chi connectivity index (χ4v) is 4.71. The Labute approximate surface area is 165 Å². The summed E-state index contributed by atoms with van der Waals surface area (Å²) >= 11 is 1.74. The Balaban J connectivity index is 1.59. The van der Waals surface area contributed by atoms with Crippen LogP contribution in [0.1, 0.15) is 53.7 Å². The van der Waals surface area contributed by atoms with Crippen molar-refractivity contribution in [1.29, 1.82) is 0 Å². The Hall–Kier alpha value is -1.62. The molecule has 0 aromatic heterocycles. The molecule has 142 valence electrons. The first-order valence-corrected chi connectivity index (χ1v) is 10.7. The maximum absolute atomic E-state index is 13.0. The lowest BCUT2D eigenvalue weighted by molar-refractivity contribution is -0.141. The van der Waals surface area contributed by atoms with E-state index in [1.807, 2.05) is 30.3 Å². The van der Waals surface area contributed by atoms with Gasteiger partial charge in [0.15, 0.2) is 12.1 Å². The van der Waals surface area contributed by atoms with Gasteiger partial charge in [0, 0.05) is 27.7 Å². The molecule has 1 fully saturated rings. The van der Waals surface area contributed by atoms with Crippen molar-refractivity contribution in [2.24, 2.45) is 11.8 Å². The van der Waals surface area contributed by atoms with Gasteiger partial charge >= 0.3 is 0 Å². The van der Waals surface area contributed by atoms with Crippen LogP contribution in [0.2, 0.25) is 0 Å². The fourth-order valence-electron chi connectivity index (χ4n) is 3.61. The predicted octanol–water partition coefficient (Wildman–Crippen LogP) is 5.27. The van der Waals surface area contributed by atoms with Gasteiger partial charge in [-0.25, -0.2) is 0 Å². The van der Waals surface area contributed by atoms with Crippen molar-refractivity contribution in [2.45, 2.75) is 43.6 Å². The van der Waals surface area contributed by atoms with Gasteiger partial charge in [-0.1, -0.05) is 51.1 Å². The van der Waals surface area contributed by atoms with Gasteiger partial charge in [-0.05, 0) is 35.1 Å². The van der Waals surface area contributed by atoms with Crippen molar-refractivity contribution >= 4 is 17.5 Å². The summed E-state index contributed by atoms with van der Waals surface area (Å²) in [4.78, 5) is 14.0. The van der Waals surface area contributed by atoms with Gasteiger partial charge < -0.3 is 9.47 Å². The number of ketones is 1. The SMILES string of the molecule is CC1COC(C(C)c2ccc3c(c2)SCc2ccccc2C3=O)OCC1C. The lowest BCUT2D eigenvalue weighted by atomic mass is 9.95. The molecule has 2 aromatic carbocycles. The van der Waals surface area contributed by atoms with Crippen LogP contribution in [0.4, 0.5) is 0 Å². The van der Waals surface area contributed by atoms with Crippen molar-refractivity contribution in [1.82, 2.24) is 0 Å². The molecule has 0 radical (unpaired) electrons. The summed E-state index contributed by atoms with van der Waals surface area (Å²) in [5, 5.41) is 0. The lowest BCUT2D eigenvalue weighted by Crippen LogP contribution is -2.23. The molecule has 0 N–H and O–H groups in total. The molecule has 0 spiro atoms. The highest BCUT2D eigenvalue weighted by Crippen LogP contribution is 2.37.